The molecule has 0 radical (unpaired) electrons. The normalized spacial score (nSPS) is 11.3. The molecule has 0 aliphatic heterocycles. The van der Waals surface area contributed by atoms with Crippen molar-refractivity contribution < 1.29 is 9.47 Å². The molecule has 3 heteroatoms. The quantitative estimate of drug-likeness (QED) is 0.570. The molecule has 0 aromatic heterocycles. The lowest BCUT2D eigenvalue weighted by atomic mass is 9.97. The van der Waals surface area contributed by atoms with Gasteiger partial charge in [-0.25, -0.2) is 0 Å². The lowest BCUT2D eigenvalue weighted by Crippen LogP contribution is -2.22. The van der Waals surface area contributed by atoms with Crippen LogP contribution in [0.15, 0.2) is 48.5 Å². The fourth-order valence-corrected chi connectivity index (χ4v) is 3.18. The van der Waals surface area contributed by atoms with Crippen LogP contribution < -0.4 is 14.4 Å². The summed E-state index contributed by atoms with van der Waals surface area (Å²) in [4.78, 5) is 2.32. The Kier molecular flexibility index (Phi) is 7.58. The standard InChI is InChI=1S/C23H31NO2/c1-6-21(18-11-14-20(15-12-18)25-9-4)19-13-16-22(24(7-2)8-3)23(17-19)26-10-5/h6,11-17H,7-10H2,1-5H3/b21-6+. The van der Waals surface area contributed by atoms with Gasteiger partial charge in [-0.3, -0.25) is 0 Å². The molecule has 26 heavy (non-hydrogen) atoms. The Labute approximate surface area is 158 Å². The van der Waals surface area contributed by atoms with Crippen LogP contribution in [0.4, 0.5) is 5.69 Å². The summed E-state index contributed by atoms with van der Waals surface area (Å²) in [5.74, 6) is 1.84. The Balaban J connectivity index is 2.40. The molecule has 0 saturated heterocycles. The third kappa shape index (κ3) is 4.60. The SMILES string of the molecule is C/C=C(\c1ccc(OCC)cc1)c1ccc(N(CC)CC)c(OCC)c1. The van der Waals surface area contributed by atoms with Gasteiger partial charge in [-0.15, -0.1) is 0 Å². The highest BCUT2D eigenvalue weighted by Crippen LogP contribution is 2.34. The van der Waals surface area contributed by atoms with Crippen molar-refractivity contribution in [3.05, 3.63) is 59.7 Å². The minimum absolute atomic E-state index is 0.659. The molecule has 0 atom stereocenters. The van der Waals surface area contributed by atoms with E-state index in [1.807, 2.05) is 26.0 Å². The predicted molar refractivity (Wildman–Crippen MR) is 112 cm³/mol. The number of allylic oxidation sites excluding steroid dienone is 1. The number of hydrogen-bond donors (Lipinski definition) is 0. The second-order valence-corrected chi connectivity index (χ2v) is 5.95. The van der Waals surface area contributed by atoms with Gasteiger partial charge < -0.3 is 14.4 Å². The lowest BCUT2D eigenvalue weighted by Gasteiger charge is -2.24. The van der Waals surface area contributed by atoms with E-state index in [0.717, 1.165) is 35.8 Å². The Morgan fingerprint density at radius 2 is 1.46 bits per heavy atom. The number of hydrogen-bond acceptors (Lipinski definition) is 3. The van der Waals surface area contributed by atoms with Crippen molar-refractivity contribution in [2.45, 2.75) is 34.6 Å². The fourth-order valence-electron chi connectivity index (χ4n) is 3.18. The summed E-state index contributed by atoms with van der Waals surface area (Å²) in [5.41, 5.74) is 4.69. The van der Waals surface area contributed by atoms with Gasteiger partial charge in [0, 0.05) is 13.1 Å². The van der Waals surface area contributed by atoms with E-state index in [1.54, 1.807) is 0 Å². The first-order valence-electron chi connectivity index (χ1n) is 9.60. The Bertz CT molecular complexity index is 715. The van der Waals surface area contributed by atoms with Gasteiger partial charge in [0.05, 0.1) is 18.9 Å². The first-order chi connectivity index (χ1) is 12.7. The van der Waals surface area contributed by atoms with Gasteiger partial charge in [0.25, 0.3) is 0 Å². The van der Waals surface area contributed by atoms with Crippen molar-refractivity contribution in [2.24, 2.45) is 0 Å². The number of rotatable bonds is 9. The topological polar surface area (TPSA) is 21.7 Å². The second kappa shape index (κ2) is 9.91. The summed E-state index contributed by atoms with van der Waals surface area (Å²) < 4.78 is 11.5. The molecule has 0 bridgehead atoms. The number of nitrogens with zero attached hydrogens (tertiary/aromatic N) is 1. The molecule has 0 fully saturated rings. The van der Waals surface area contributed by atoms with Crippen LogP contribution in [0, 0.1) is 0 Å². The molecule has 2 rings (SSSR count). The molecule has 0 aliphatic rings. The Hall–Kier alpha value is -2.42. The van der Waals surface area contributed by atoms with Crippen LogP contribution in [0.3, 0.4) is 0 Å². The molecule has 0 spiro atoms. The van der Waals surface area contributed by atoms with Crippen LogP contribution in [-0.4, -0.2) is 26.3 Å². The number of benzene rings is 2. The molecular weight excluding hydrogens is 322 g/mol. The second-order valence-electron chi connectivity index (χ2n) is 5.95. The molecule has 0 aliphatic carbocycles. The molecule has 2 aromatic carbocycles. The number of ether oxygens (including phenoxy) is 2. The predicted octanol–water partition coefficient (Wildman–Crippen LogP) is 5.78. The third-order valence-electron chi connectivity index (χ3n) is 4.44. The van der Waals surface area contributed by atoms with Gasteiger partial charge in [-0.2, -0.15) is 0 Å². The fraction of sp³-hybridized carbons (Fsp3) is 0.391. The van der Waals surface area contributed by atoms with E-state index in [9.17, 15) is 0 Å². The van der Waals surface area contributed by atoms with E-state index < -0.39 is 0 Å². The van der Waals surface area contributed by atoms with Gasteiger partial charge in [-0.1, -0.05) is 24.3 Å². The van der Waals surface area contributed by atoms with Crippen molar-refractivity contribution in [3.63, 3.8) is 0 Å². The average molecular weight is 354 g/mol. The van der Waals surface area contributed by atoms with Crippen LogP contribution in [0.1, 0.15) is 45.7 Å². The average Bonchev–Trinajstić information content (AvgIpc) is 2.66. The van der Waals surface area contributed by atoms with E-state index in [1.165, 1.54) is 11.1 Å². The molecule has 0 N–H and O–H groups in total. The van der Waals surface area contributed by atoms with Crippen LogP contribution in [0.5, 0.6) is 11.5 Å². The van der Waals surface area contributed by atoms with Crippen molar-refractivity contribution in [3.8, 4) is 11.5 Å². The molecule has 0 amide bonds. The maximum Gasteiger partial charge on any atom is 0.143 e. The summed E-state index contributed by atoms with van der Waals surface area (Å²) in [6.45, 7) is 13.7. The first-order valence-corrected chi connectivity index (χ1v) is 9.60. The Morgan fingerprint density at radius 3 is 2.00 bits per heavy atom. The van der Waals surface area contributed by atoms with Crippen LogP contribution in [-0.2, 0) is 0 Å². The molecule has 0 unspecified atom stereocenters. The van der Waals surface area contributed by atoms with Crippen LogP contribution in [0.2, 0.25) is 0 Å². The smallest absolute Gasteiger partial charge is 0.143 e. The van der Waals surface area contributed by atoms with E-state index in [0.29, 0.717) is 13.2 Å². The zero-order valence-corrected chi connectivity index (χ0v) is 16.7. The van der Waals surface area contributed by atoms with Crippen LogP contribution >= 0.6 is 0 Å². The van der Waals surface area contributed by atoms with E-state index in [2.05, 4.69) is 62.1 Å². The summed E-state index contributed by atoms with van der Waals surface area (Å²) in [6.07, 6.45) is 2.15. The zero-order valence-electron chi connectivity index (χ0n) is 16.7. The van der Waals surface area contributed by atoms with Gasteiger partial charge in [0.1, 0.15) is 11.5 Å². The van der Waals surface area contributed by atoms with E-state index in [4.69, 9.17) is 9.47 Å². The number of anilines is 1. The minimum Gasteiger partial charge on any atom is -0.494 e. The maximum atomic E-state index is 5.96. The highest BCUT2D eigenvalue weighted by molar-refractivity contribution is 5.82. The Morgan fingerprint density at radius 1 is 0.846 bits per heavy atom. The van der Waals surface area contributed by atoms with Crippen molar-refractivity contribution >= 4 is 11.3 Å². The molecule has 140 valence electrons. The molecule has 0 saturated carbocycles. The summed E-state index contributed by atoms with van der Waals surface area (Å²) in [6, 6.07) is 14.8. The molecular formula is C23H31NO2. The summed E-state index contributed by atoms with van der Waals surface area (Å²) >= 11 is 0. The van der Waals surface area contributed by atoms with Crippen LogP contribution in [0.25, 0.3) is 5.57 Å². The molecule has 3 nitrogen and oxygen atoms in total. The monoisotopic (exact) mass is 353 g/mol. The molecule has 0 heterocycles. The van der Waals surface area contributed by atoms with Crippen molar-refractivity contribution in [1.29, 1.82) is 0 Å². The zero-order chi connectivity index (χ0) is 18.9. The molecule has 2 aromatic rings. The van der Waals surface area contributed by atoms with Crippen molar-refractivity contribution in [2.75, 3.05) is 31.2 Å². The maximum absolute atomic E-state index is 5.96. The van der Waals surface area contributed by atoms with Gasteiger partial charge in [0.15, 0.2) is 0 Å². The summed E-state index contributed by atoms with van der Waals surface area (Å²) in [7, 11) is 0. The highest BCUT2D eigenvalue weighted by atomic mass is 16.5. The lowest BCUT2D eigenvalue weighted by molar-refractivity contribution is 0.340. The largest absolute Gasteiger partial charge is 0.494 e. The van der Waals surface area contributed by atoms with E-state index >= 15 is 0 Å². The summed E-state index contributed by atoms with van der Waals surface area (Å²) in [5, 5.41) is 0. The van der Waals surface area contributed by atoms with Gasteiger partial charge in [-0.05, 0) is 75.6 Å². The van der Waals surface area contributed by atoms with Gasteiger partial charge >= 0.3 is 0 Å². The van der Waals surface area contributed by atoms with Gasteiger partial charge in [0.2, 0.25) is 0 Å². The minimum atomic E-state index is 0.659. The van der Waals surface area contributed by atoms with Crippen molar-refractivity contribution in [1.82, 2.24) is 0 Å². The first kappa shape index (κ1) is 19.9. The third-order valence-corrected chi connectivity index (χ3v) is 4.44. The van der Waals surface area contributed by atoms with E-state index in [-0.39, 0.29) is 0 Å². The highest BCUT2D eigenvalue weighted by Gasteiger charge is 2.13.